The van der Waals surface area contributed by atoms with E-state index in [0.717, 1.165) is 18.7 Å². The Balaban J connectivity index is 1.94. The van der Waals surface area contributed by atoms with Gasteiger partial charge in [-0.1, -0.05) is 24.3 Å². The van der Waals surface area contributed by atoms with E-state index in [4.69, 9.17) is 10.5 Å². The minimum Gasteiger partial charge on any atom is -0.497 e. The second-order valence-corrected chi connectivity index (χ2v) is 5.23. The van der Waals surface area contributed by atoms with Crippen molar-refractivity contribution in [2.24, 2.45) is 5.73 Å². The summed E-state index contributed by atoms with van der Waals surface area (Å²) in [6.45, 7) is 1.52. The third-order valence-corrected chi connectivity index (χ3v) is 3.76. The van der Waals surface area contributed by atoms with Crippen LogP contribution in [0.25, 0.3) is 10.9 Å². The predicted octanol–water partition coefficient (Wildman–Crippen LogP) is 3.20. The first-order valence-electron chi connectivity index (χ1n) is 7.21. The first-order chi connectivity index (χ1) is 10.3. The average molecular weight is 280 g/mol. The zero-order chi connectivity index (χ0) is 14.7. The molecule has 0 aliphatic rings. The van der Waals surface area contributed by atoms with Gasteiger partial charge in [0, 0.05) is 18.3 Å². The Morgan fingerprint density at radius 3 is 2.76 bits per heavy atom. The van der Waals surface area contributed by atoms with Crippen LogP contribution < -0.4 is 10.5 Å². The van der Waals surface area contributed by atoms with Crippen LogP contribution in [0.2, 0.25) is 0 Å². The molecule has 0 saturated heterocycles. The number of nitrogens with zero attached hydrogens (tertiary/aromatic N) is 1. The molecule has 0 radical (unpaired) electrons. The van der Waals surface area contributed by atoms with Crippen molar-refractivity contribution >= 4 is 10.9 Å². The van der Waals surface area contributed by atoms with Crippen LogP contribution in [0, 0.1) is 0 Å². The van der Waals surface area contributed by atoms with Gasteiger partial charge in [0.15, 0.2) is 0 Å². The number of nitrogens with two attached hydrogens (primary N) is 1. The lowest BCUT2D eigenvalue weighted by molar-refractivity contribution is 0.414. The lowest BCUT2D eigenvalue weighted by Crippen LogP contribution is -2.03. The molecule has 3 heteroatoms. The van der Waals surface area contributed by atoms with Crippen LogP contribution >= 0.6 is 0 Å². The van der Waals surface area contributed by atoms with E-state index in [2.05, 4.69) is 47.2 Å². The number of fused-ring (bicyclic) bond motifs is 1. The number of benzene rings is 2. The Hall–Kier alpha value is -2.26. The van der Waals surface area contributed by atoms with Gasteiger partial charge in [0.2, 0.25) is 0 Å². The number of methoxy groups -OCH3 is 1. The highest BCUT2D eigenvalue weighted by atomic mass is 16.5. The van der Waals surface area contributed by atoms with Crippen LogP contribution in [0.1, 0.15) is 11.1 Å². The summed E-state index contributed by atoms with van der Waals surface area (Å²) in [7, 11) is 1.70. The highest BCUT2D eigenvalue weighted by Crippen LogP contribution is 2.20. The SMILES string of the molecule is COc1cccc(Cn2ccc3ccc(CCN)cc32)c1. The third-order valence-electron chi connectivity index (χ3n) is 3.76. The molecule has 0 saturated carbocycles. The second-order valence-electron chi connectivity index (χ2n) is 5.23. The molecule has 0 amide bonds. The molecule has 0 aliphatic heterocycles. The summed E-state index contributed by atoms with van der Waals surface area (Å²) >= 11 is 0. The van der Waals surface area contributed by atoms with Gasteiger partial charge in [-0.15, -0.1) is 0 Å². The fourth-order valence-corrected chi connectivity index (χ4v) is 2.66. The van der Waals surface area contributed by atoms with Gasteiger partial charge in [-0.2, -0.15) is 0 Å². The van der Waals surface area contributed by atoms with E-state index in [0.29, 0.717) is 6.54 Å². The van der Waals surface area contributed by atoms with E-state index in [1.807, 2.05) is 12.1 Å². The van der Waals surface area contributed by atoms with Gasteiger partial charge in [-0.3, -0.25) is 0 Å². The van der Waals surface area contributed by atoms with Crippen molar-refractivity contribution in [3.8, 4) is 5.75 Å². The van der Waals surface area contributed by atoms with E-state index in [1.54, 1.807) is 7.11 Å². The molecular formula is C18H20N2O. The van der Waals surface area contributed by atoms with Gasteiger partial charge in [0.05, 0.1) is 7.11 Å². The van der Waals surface area contributed by atoms with E-state index >= 15 is 0 Å². The highest BCUT2D eigenvalue weighted by Gasteiger charge is 2.04. The molecule has 1 aromatic heterocycles. The summed E-state index contributed by atoms with van der Waals surface area (Å²) < 4.78 is 7.56. The molecule has 0 aliphatic carbocycles. The zero-order valence-electron chi connectivity index (χ0n) is 12.3. The lowest BCUT2D eigenvalue weighted by atomic mass is 10.1. The van der Waals surface area contributed by atoms with Crippen LogP contribution in [0.5, 0.6) is 5.75 Å². The first-order valence-corrected chi connectivity index (χ1v) is 7.21. The number of ether oxygens (including phenoxy) is 1. The lowest BCUT2D eigenvalue weighted by Gasteiger charge is -2.08. The smallest absolute Gasteiger partial charge is 0.119 e. The molecule has 0 atom stereocenters. The van der Waals surface area contributed by atoms with Crippen molar-refractivity contribution < 1.29 is 4.74 Å². The quantitative estimate of drug-likeness (QED) is 0.779. The minimum atomic E-state index is 0.683. The van der Waals surface area contributed by atoms with Crippen molar-refractivity contribution in [1.82, 2.24) is 4.57 Å². The summed E-state index contributed by atoms with van der Waals surface area (Å²) in [5.74, 6) is 0.896. The van der Waals surface area contributed by atoms with Gasteiger partial charge < -0.3 is 15.0 Å². The maximum absolute atomic E-state index is 5.65. The Labute approximate surface area is 125 Å². The van der Waals surface area contributed by atoms with E-state index in [9.17, 15) is 0 Å². The molecule has 2 N–H and O–H groups in total. The highest BCUT2D eigenvalue weighted by molar-refractivity contribution is 5.81. The normalized spacial score (nSPS) is 11.0. The van der Waals surface area contributed by atoms with Crippen LogP contribution in [-0.4, -0.2) is 18.2 Å². The molecule has 108 valence electrons. The van der Waals surface area contributed by atoms with Gasteiger partial charge in [-0.05, 0) is 53.7 Å². The number of hydrogen-bond acceptors (Lipinski definition) is 2. The maximum atomic E-state index is 5.65. The molecule has 3 nitrogen and oxygen atoms in total. The summed E-state index contributed by atoms with van der Waals surface area (Å²) in [4.78, 5) is 0. The van der Waals surface area contributed by atoms with E-state index in [1.165, 1.54) is 22.0 Å². The first kappa shape index (κ1) is 13.7. The van der Waals surface area contributed by atoms with E-state index in [-0.39, 0.29) is 0 Å². The predicted molar refractivity (Wildman–Crippen MR) is 86.8 cm³/mol. The molecule has 21 heavy (non-hydrogen) atoms. The summed E-state index contributed by atoms with van der Waals surface area (Å²) in [6, 6.07) is 16.9. The van der Waals surface area contributed by atoms with Gasteiger partial charge in [0.1, 0.15) is 5.75 Å². The monoisotopic (exact) mass is 280 g/mol. The number of rotatable bonds is 5. The van der Waals surface area contributed by atoms with Crippen LogP contribution in [0.3, 0.4) is 0 Å². The van der Waals surface area contributed by atoms with Crippen molar-refractivity contribution in [2.45, 2.75) is 13.0 Å². The molecule has 2 aromatic carbocycles. The molecule has 3 aromatic rings. The maximum Gasteiger partial charge on any atom is 0.119 e. The fourth-order valence-electron chi connectivity index (χ4n) is 2.66. The van der Waals surface area contributed by atoms with Gasteiger partial charge in [0.25, 0.3) is 0 Å². The summed E-state index contributed by atoms with van der Waals surface area (Å²) in [6.07, 6.45) is 3.05. The molecule has 3 rings (SSSR count). The molecule has 0 bridgehead atoms. The zero-order valence-corrected chi connectivity index (χ0v) is 12.3. The van der Waals surface area contributed by atoms with Gasteiger partial charge >= 0.3 is 0 Å². The largest absolute Gasteiger partial charge is 0.497 e. The van der Waals surface area contributed by atoms with Crippen LogP contribution in [0.4, 0.5) is 0 Å². The van der Waals surface area contributed by atoms with Crippen LogP contribution in [-0.2, 0) is 13.0 Å². The Bertz CT molecular complexity index is 746. The summed E-state index contributed by atoms with van der Waals surface area (Å²) in [5.41, 5.74) is 9.43. The second kappa shape index (κ2) is 6.02. The Morgan fingerprint density at radius 1 is 1.05 bits per heavy atom. The summed E-state index contributed by atoms with van der Waals surface area (Å²) in [5, 5.41) is 1.26. The number of hydrogen-bond donors (Lipinski definition) is 1. The Kier molecular flexibility index (Phi) is 3.93. The van der Waals surface area contributed by atoms with Crippen molar-refractivity contribution in [3.05, 3.63) is 65.9 Å². The van der Waals surface area contributed by atoms with Crippen molar-refractivity contribution in [1.29, 1.82) is 0 Å². The average Bonchev–Trinajstić information content (AvgIpc) is 2.90. The number of aromatic nitrogens is 1. The topological polar surface area (TPSA) is 40.2 Å². The molecular weight excluding hydrogens is 260 g/mol. The minimum absolute atomic E-state index is 0.683. The standard InChI is InChI=1S/C18H20N2O/c1-21-17-4-2-3-15(11-17)13-20-10-8-16-6-5-14(7-9-19)12-18(16)20/h2-6,8,10-12H,7,9,13,19H2,1H3. The van der Waals surface area contributed by atoms with E-state index < -0.39 is 0 Å². The molecule has 0 fully saturated rings. The fraction of sp³-hybridized carbons (Fsp3) is 0.222. The molecule has 1 heterocycles. The van der Waals surface area contributed by atoms with Crippen molar-refractivity contribution in [2.75, 3.05) is 13.7 Å². The van der Waals surface area contributed by atoms with Gasteiger partial charge in [-0.25, -0.2) is 0 Å². The van der Waals surface area contributed by atoms with Crippen LogP contribution in [0.15, 0.2) is 54.7 Å². The third kappa shape index (κ3) is 2.93. The Morgan fingerprint density at radius 2 is 1.95 bits per heavy atom. The van der Waals surface area contributed by atoms with Crippen molar-refractivity contribution in [3.63, 3.8) is 0 Å². The molecule has 0 unspecified atom stereocenters. The molecule has 0 spiro atoms.